The number of carbonyl (C=O) groups is 12. The molecule has 4 aliphatic rings. The molecule has 474 valence electrons. The van der Waals surface area contributed by atoms with E-state index in [2.05, 4.69) is 57.2 Å². The van der Waals surface area contributed by atoms with Crippen LogP contribution in [0.25, 0.3) is 0 Å². The van der Waals surface area contributed by atoms with Crippen LogP contribution in [0.4, 0.5) is 0 Å². The second-order valence-corrected chi connectivity index (χ2v) is 23.9. The van der Waals surface area contributed by atoms with Crippen molar-refractivity contribution in [3.63, 3.8) is 0 Å². The molecule has 0 spiro atoms. The summed E-state index contributed by atoms with van der Waals surface area (Å²) >= 11 is 0. The number of nitrogens with one attached hydrogen (secondary N) is 9. The maximum absolute atomic E-state index is 14.4. The van der Waals surface area contributed by atoms with Crippen molar-refractivity contribution in [3.05, 3.63) is 36.4 Å². The molecule has 0 bridgehead atoms. The number of aromatic nitrogens is 4. The molecule has 0 aromatic carbocycles. The number of H-pyrrole nitrogens is 2. The molecule has 0 saturated carbocycles. The van der Waals surface area contributed by atoms with Crippen LogP contribution in [0.5, 0.6) is 0 Å². The topological polar surface area (TPSA) is 406 Å². The van der Waals surface area contributed by atoms with E-state index in [4.69, 9.17) is 5.73 Å². The second kappa shape index (κ2) is 30.9. The summed E-state index contributed by atoms with van der Waals surface area (Å²) in [6.45, 7) is 14.2. The zero-order chi connectivity index (χ0) is 63.1. The molecule has 11 amide bonds. The summed E-state index contributed by atoms with van der Waals surface area (Å²) in [7, 11) is 0. The molecule has 12 atom stereocenters. The van der Waals surface area contributed by atoms with Gasteiger partial charge in [0, 0.05) is 62.8 Å². The number of hydrogen-bond donors (Lipinski definition) is 11. The Balaban J connectivity index is 1.05. The number of rotatable bonds is 28. The lowest BCUT2D eigenvalue weighted by molar-refractivity contribution is -0.148. The Hall–Kier alpha value is -7.98. The summed E-state index contributed by atoms with van der Waals surface area (Å²) < 4.78 is 0. The van der Waals surface area contributed by atoms with Crippen LogP contribution >= 0.6 is 0 Å². The van der Waals surface area contributed by atoms with Crippen LogP contribution in [0, 0.1) is 17.8 Å². The SMILES string of the molecule is CC[C@H](C)[C@H](NC(=O)[C@@H]1CCCN1C(=O)[C@@H](N)CC(C)C)C(=O)N1CCC[C@H]1C(=O)N[C@@H](C)C(=O)N[C@@H](Cc1cnc[nH]1)C(=O)N[C@H](C(=O)N[C@@H](C)C(=O)N1CCC[C@H]1C(=O)N[C@@H](Cc1cnc[nH]1)C(=O)NCC(=O)N1CCC[C@H]1C(=O)O)C(C)C. The largest absolute Gasteiger partial charge is 0.480 e. The molecule has 4 fully saturated rings. The average Bonchev–Trinajstić information content (AvgIpc) is 3.12. The van der Waals surface area contributed by atoms with Gasteiger partial charge in [0.25, 0.3) is 0 Å². The summed E-state index contributed by atoms with van der Waals surface area (Å²) in [4.78, 5) is 183. The van der Waals surface area contributed by atoms with E-state index in [-0.39, 0.29) is 69.5 Å². The van der Waals surface area contributed by atoms with Gasteiger partial charge >= 0.3 is 5.97 Å². The molecule has 0 radical (unpaired) electrons. The number of carboxylic acid groups (broad SMARTS) is 1. The number of aromatic amines is 2. The van der Waals surface area contributed by atoms with E-state index in [0.717, 1.165) is 0 Å². The number of carboxylic acids is 1. The van der Waals surface area contributed by atoms with Crippen molar-refractivity contribution in [2.75, 3.05) is 32.7 Å². The third-order valence-electron chi connectivity index (χ3n) is 16.6. The molecular weight excluding hydrogens is 1120 g/mol. The van der Waals surface area contributed by atoms with Gasteiger partial charge in [0.05, 0.1) is 25.2 Å². The molecule has 2 aromatic rings. The zero-order valence-corrected chi connectivity index (χ0v) is 50.5. The first-order valence-corrected chi connectivity index (χ1v) is 30.0. The fourth-order valence-corrected chi connectivity index (χ4v) is 11.5. The summed E-state index contributed by atoms with van der Waals surface area (Å²) in [6.07, 6.45) is 9.58. The molecule has 6 heterocycles. The monoisotopic (exact) mass is 1200 g/mol. The predicted molar refractivity (Wildman–Crippen MR) is 309 cm³/mol. The van der Waals surface area contributed by atoms with Crippen molar-refractivity contribution in [1.29, 1.82) is 0 Å². The van der Waals surface area contributed by atoms with E-state index >= 15 is 0 Å². The molecule has 29 nitrogen and oxygen atoms in total. The lowest BCUT2D eigenvalue weighted by Crippen LogP contribution is -2.61. The van der Waals surface area contributed by atoms with E-state index in [1.54, 1.807) is 13.8 Å². The number of carbonyl (C=O) groups excluding carboxylic acids is 11. The third kappa shape index (κ3) is 17.4. The zero-order valence-electron chi connectivity index (χ0n) is 50.5. The standard InChI is InChI=1S/C57H88N16O13/c1-9-32(6)46(69-52(80)42-16-11-20-72(42)55(83)37(58)22-30(2)3)56(84)73-21-12-14-40(73)50(78)64-33(7)47(75)66-39(24-36-26-60-29-63-36)49(77)68-45(31(4)5)53(81)65-34(8)54(82)71-19-10-15-41(71)51(79)67-38(23-35-25-59-28-62-35)48(76)61-27-44(74)70-18-13-17-43(70)57(85)86/h25-26,28-34,37-43,45-46H,9-24,27,58H2,1-8H3,(H,59,62)(H,60,63)(H,61,76)(H,64,78)(H,65,81)(H,66,75)(H,67,79)(H,68,77)(H,69,80)(H,85,86)/t32-,33-,34-,37-,38-,39-,40-,41-,42-,43-,45-,46-/m0/s1. The minimum atomic E-state index is -1.34. The van der Waals surface area contributed by atoms with Gasteiger partial charge in [0.1, 0.15) is 60.4 Å². The lowest BCUT2D eigenvalue weighted by atomic mass is 9.96. The molecular formula is C57H88N16O13. The highest BCUT2D eigenvalue weighted by atomic mass is 16.4. The highest BCUT2D eigenvalue weighted by molar-refractivity contribution is 5.99. The quantitative estimate of drug-likeness (QED) is 0.0444. The van der Waals surface area contributed by atoms with Crippen LogP contribution in [0.2, 0.25) is 0 Å². The molecule has 4 aliphatic heterocycles. The maximum atomic E-state index is 14.4. The van der Waals surface area contributed by atoms with Gasteiger partial charge in [-0.15, -0.1) is 0 Å². The van der Waals surface area contributed by atoms with Gasteiger partial charge in [-0.25, -0.2) is 14.8 Å². The highest BCUT2D eigenvalue weighted by Crippen LogP contribution is 2.25. The number of likely N-dealkylation sites (tertiary alicyclic amines) is 4. The van der Waals surface area contributed by atoms with Crippen molar-refractivity contribution in [1.82, 2.24) is 76.8 Å². The van der Waals surface area contributed by atoms with Gasteiger partial charge in [-0.1, -0.05) is 48.0 Å². The van der Waals surface area contributed by atoms with Gasteiger partial charge < -0.3 is 77.6 Å². The summed E-state index contributed by atoms with van der Waals surface area (Å²) in [5.41, 5.74) is 7.15. The summed E-state index contributed by atoms with van der Waals surface area (Å²) in [6, 6.07) is -12.0. The fourth-order valence-electron chi connectivity index (χ4n) is 11.5. The smallest absolute Gasteiger partial charge is 0.326 e. The van der Waals surface area contributed by atoms with Gasteiger partial charge in [-0.05, 0) is 89.4 Å². The molecule has 2 aromatic heterocycles. The van der Waals surface area contributed by atoms with Crippen molar-refractivity contribution in [3.8, 4) is 0 Å². The van der Waals surface area contributed by atoms with E-state index in [9.17, 15) is 62.6 Å². The first-order valence-electron chi connectivity index (χ1n) is 30.0. The minimum absolute atomic E-state index is 0.0701. The predicted octanol–water partition coefficient (Wildman–Crippen LogP) is -1.89. The van der Waals surface area contributed by atoms with Crippen LogP contribution in [0.3, 0.4) is 0 Å². The third-order valence-corrected chi connectivity index (χ3v) is 16.6. The molecule has 0 aliphatic carbocycles. The number of nitrogens with zero attached hydrogens (tertiary/aromatic N) is 6. The van der Waals surface area contributed by atoms with E-state index in [1.807, 2.05) is 27.7 Å². The van der Waals surface area contributed by atoms with E-state index in [1.165, 1.54) is 58.5 Å². The molecule has 12 N–H and O–H groups in total. The number of imidazole rings is 2. The van der Waals surface area contributed by atoms with Crippen molar-refractivity contribution in [2.45, 2.75) is 199 Å². The Morgan fingerprint density at radius 2 is 1.05 bits per heavy atom. The Bertz CT molecular complexity index is 2740. The lowest BCUT2D eigenvalue weighted by Gasteiger charge is -2.33. The first-order chi connectivity index (χ1) is 40.8. The van der Waals surface area contributed by atoms with Gasteiger partial charge in [0.15, 0.2) is 0 Å². The molecule has 29 heteroatoms. The molecule has 0 unspecified atom stereocenters. The average molecular weight is 1210 g/mol. The van der Waals surface area contributed by atoms with E-state index in [0.29, 0.717) is 62.9 Å². The van der Waals surface area contributed by atoms with Crippen molar-refractivity contribution < 1.29 is 62.6 Å². The molecule has 6 rings (SSSR count). The summed E-state index contributed by atoms with van der Waals surface area (Å²) in [5, 5.41) is 28.4. The summed E-state index contributed by atoms with van der Waals surface area (Å²) in [5.74, 6) is -8.74. The highest BCUT2D eigenvalue weighted by Gasteiger charge is 2.44. The number of aliphatic carboxylic acids is 1. The second-order valence-electron chi connectivity index (χ2n) is 23.9. The minimum Gasteiger partial charge on any atom is -0.480 e. The first kappa shape index (κ1) is 67.2. The fraction of sp³-hybridized carbons (Fsp3) is 0.684. The van der Waals surface area contributed by atoms with Crippen molar-refractivity contribution >= 4 is 70.9 Å². The Morgan fingerprint density at radius 3 is 1.55 bits per heavy atom. The molecule has 86 heavy (non-hydrogen) atoms. The maximum Gasteiger partial charge on any atom is 0.326 e. The van der Waals surface area contributed by atoms with Crippen LogP contribution in [-0.4, -0.2) is 215 Å². The van der Waals surface area contributed by atoms with Crippen LogP contribution in [0.15, 0.2) is 25.0 Å². The number of amides is 11. The number of hydrogen-bond acceptors (Lipinski definition) is 15. The number of nitrogens with two attached hydrogens (primary N) is 1. The van der Waals surface area contributed by atoms with Gasteiger partial charge in [-0.3, -0.25) is 52.7 Å². The van der Waals surface area contributed by atoms with Gasteiger partial charge in [0.2, 0.25) is 65.0 Å². The Kier molecular flexibility index (Phi) is 24.1. The van der Waals surface area contributed by atoms with E-state index < -0.39 is 144 Å². The van der Waals surface area contributed by atoms with Crippen molar-refractivity contribution in [2.24, 2.45) is 23.5 Å². The Labute approximate surface area is 500 Å². The van der Waals surface area contributed by atoms with Crippen LogP contribution in [0.1, 0.15) is 131 Å². The van der Waals surface area contributed by atoms with Crippen LogP contribution in [-0.2, 0) is 70.4 Å². The normalized spacial score (nSPS) is 21.3. The van der Waals surface area contributed by atoms with Crippen LogP contribution < -0.4 is 43.0 Å². The Morgan fingerprint density at radius 1 is 0.558 bits per heavy atom. The van der Waals surface area contributed by atoms with Gasteiger partial charge in [-0.2, -0.15) is 0 Å². The molecule has 4 saturated heterocycles.